The van der Waals surface area contributed by atoms with E-state index in [-0.39, 0.29) is 0 Å². The minimum absolute atomic E-state index is 0.502. The molecule has 0 radical (unpaired) electrons. The van der Waals surface area contributed by atoms with Gasteiger partial charge in [0.25, 0.3) is 0 Å². The lowest BCUT2D eigenvalue weighted by atomic mass is 9.69. The van der Waals surface area contributed by atoms with Crippen LogP contribution in [0, 0.1) is 11.3 Å². The molecule has 3 heteroatoms. The SMILES string of the molecule is CNCC1(CN2CCC(OC)CC2)CCCC(C)C1. The van der Waals surface area contributed by atoms with E-state index in [1.54, 1.807) is 0 Å². The highest BCUT2D eigenvalue weighted by Crippen LogP contribution is 2.40. The van der Waals surface area contributed by atoms with E-state index in [9.17, 15) is 0 Å². The molecule has 0 aromatic heterocycles. The molecule has 2 unspecified atom stereocenters. The van der Waals surface area contributed by atoms with Gasteiger partial charge in [0.1, 0.15) is 0 Å². The summed E-state index contributed by atoms with van der Waals surface area (Å²) in [5, 5.41) is 3.46. The van der Waals surface area contributed by atoms with E-state index in [2.05, 4.69) is 24.2 Å². The number of likely N-dealkylation sites (tertiary alicyclic amines) is 1. The average Bonchev–Trinajstić information content (AvgIpc) is 2.40. The number of hydrogen-bond donors (Lipinski definition) is 1. The van der Waals surface area contributed by atoms with Crippen LogP contribution in [-0.2, 0) is 4.74 Å². The highest BCUT2D eigenvalue weighted by Gasteiger charge is 2.36. The lowest BCUT2D eigenvalue weighted by Gasteiger charge is -2.45. The van der Waals surface area contributed by atoms with Crippen LogP contribution < -0.4 is 5.32 Å². The molecule has 1 aliphatic heterocycles. The van der Waals surface area contributed by atoms with Crippen molar-refractivity contribution >= 4 is 0 Å². The Labute approximate surface area is 119 Å². The van der Waals surface area contributed by atoms with E-state index < -0.39 is 0 Å². The number of nitrogens with zero attached hydrogens (tertiary/aromatic N) is 1. The van der Waals surface area contributed by atoms with Crippen molar-refractivity contribution in [2.75, 3.05) is 40.3 Å². The lowest BCUT2D eigenvalue weighted by molar-refractivity contribution is 0.0143. The van der Waals surface area contributed by atoms with Gasteiger partial charge in [0.2, 0.25) is 0 Å². The number of rotatable bonds is 5. The van der Waals surface area contributed by atoms with Gasteiger partial charge in [0.05, 0.1) is 6.10 Å². The molecule has 0 aromatic carbocycles. The summed E-state index contributed by atoms with van der Waals surface area (Å²) in [7, 11) is 3.96. The van der Waals surface area contributed by atoms with Crippen LogP contribution in [0.2, 0.25) is 0 Å². The van der Waals surface area contributed by atoms with Gasteiger partial charge >= 0.3 is 0 Å². The predicted molar refractivity (Wildman–Crippen MR) is 80.5 cm³/mol. The molecule has 112 valence electrons. The van der Waals surface area contributed by atoms with Crippen LogP contribution in [0.25, 0.3) is 0 Å². The zero-order valence-electron chi connectivity index (χ0n) is 13.1. The third kappa shape index (κ3) is 4.17. The van der Waals surface area contributed by atoms with Crippen LogP contribution in [0.5, 0.6) is 0 Å². The van der Waals surface area contributed by atoms with E-state index in [1.165, 1.54) is 64.7 Å². The van der Waals surface area contributed by atoms with E-state index in [0.29, 0.717) is 11.5 Å². The molecule has 0 aromatic rings. The van der Waals surface area contributed by atoms with E-state index >= 15 is 0 Å². The summed E-state index contributed by atoms with van der Waals surface area (Å²) in [6.45, 7) is 7.34. The molecule has 0 bridgehead atoms. The minimum atomic E-state index is 0.502. The molecule has 0 spiro atoms. The minimum Gasteiger partial charge on any atom is -0.381 e. The maximum atomic E-state index is 5.48. The zero-order valence-corrected chi connectivity index (χ0v) is 13.1. The van der Waals surface area contributed by atoms with Gasteiger partial charge in [-0.25, -0.2) is 0 Å². The number of methoxy groups -OCH3 is 1. The Bertz CT molecular complexity index is 259. The van der Waals surface area contributed by atoms with Gasteiger partial charge in [-0.05, 0) is 44.1 Å². The molecule has 2 fully saturated rings. The van der Waals surface area contributed by atoms with Crippen molar-refractivity contribution in [3.05, 3.63) is 0 Å². The first-order valence-corrected chi connectivity index (χ1v) is 8.07. The summed E-state index contributed by atoms with van der Waals surface area (Å²) in [5.41, 5.74) is 0.520. The first kappa shape index (κ1) is 15.3. The fourth-order valence-electron chi connectivity index (χ4n) is 4.28. The summed E-state index contributed by atoms with van der Waals surface area (Å²) in [4.78, 5) is 2.69. The smallest absolute Gasteiger partial charge is 0.0595 e. The highest BCUT2D eigenvalue weighted by molar-refractivity contribution is 4.90. The quantitative estimate of drug-likeness (QED) is 0.829. The maximum absolute atomic E-state index is 5.48. The molecule has 2 rings (SSSR count). The number of piperidine rings is 1. The van der Waals surface area contributed by atoms with Crippen LogP contribution >= 0.6 is 0 Å². The van der Waals surface area contributed by atoms with Crippen molar-refractivity contribution in [3.63, 3.8) is 0 Å². The van der Waals surface area contributed by atoms with Gasteiger partial charge in [0.15, 0.2) is 0 Å². The van der Waals surface area contributed by atoms with Gasteiger partial charge in [-0.1, -0.05) is 19.8 Å². The second-order valence-corrected chi connectivity index (χ2v) is 6.94. The summed E-state index contributed by atoms with van der Waals surface area (Å²) in [6.07, 6.45) is 8.57. The van der Waals surface area contributed by atoms with Crippen molar-refractivity contribution in [2.24, 2.45) is 11.3 Å². The van der Waals surface area contributed by atoms with Gasteiger partial charge in [-0.2, -0.15) is 0 Å². The van der Waals surface area contributed by atoms with Crippen LogP contribution in [-0.4, -0.2) is 51.3 Å². The summed E-state index contributed by atoms with van der Waals surface area (Å²) in [5.74, 6) is 0.901. The predicted octanol–water partition coefficient (Wildman–Crippen LogP) is 2.51. The van der Waals surface area contributed by atoms with Gasteiger partial charge in [-0.3, -0.25) is 0 Å². The molecule has 3 nitrogen and oxygen atoms in total. The van der Waals surface area contributed by atoms with Gasteiger partial charge < -0.3 is 15.0 Å². The number of hydrogen-bond acceptors (Lipinski definition) is 3. The molecule has 0 amide bonds. The summed E-state index contributed by atoms with van der Waals surface area (Å²) < 4.78 is 5.48. The normalized spacial score (nSPS) is 34.6. The van der Waals surface area contributed by atoms with Crippen molar-refractivity contribution < 1.29 is 4.74 Å². The Morgan fingerprint density at radius 2 is 2.00 bits per heavy atom. The van der Waals surface area contributed by atoms with Crippen molar-refractivity contribution in [2.45, 2.75) is 51.6 Å². The van der Waals surface area contributed by atoms with Crippen molar-refractivity contribution in [1.29, 1.82) is 0 Å². The molecular weight excluding hydrogens is 236 g/mol. The molecule has 19 heavy (non-hydrogen) atoms. The third-order valence-corrected chi connectivity index (χ3v) is 5.16. The van der Waals surface area contributed by atoms with Gasteiger partial charge in [-0.15, -0.1) is 0 Å². The van der Waals surface area contributed by atoms with Crippen LogP contribution in [0.3, 0.4) is 0 Å². The second-order valence-electron chi connectivity index (χ2n) is 6.94. The molecule has 1 aliphatic carbocycles. The van der Waals surface area contributed by atoms with Crippen molar-refractivity contribution in [3.8, 4) is 0 Å². The molecule has 1 heterocycles. The topological polar surface area (TPSA) is 24.5 Å². The standard InChI is InChI=1S/C16H32N2O/c1-14-5-4-8-16(11-14,12-17-2)13-18-9-6-15(19-3)7-10-18/h14-15,17H,4-13H2,1-3H3. The summed E-state index contributed by atoms with van der Waals surface area (Å²) in [6, 6.07) is 0. The maximum Gasteiger partial charge on any atom is 0.0595 e. The number of ether oxygens (including phenoxy) is 1. The molecular formula is C16H32N2O. The van der Waals surface area contributed by atoms with Crippen LogP contribution in [0.1, 0.15) is 45.4 Å². The Balaban J connectivity index is 1.89. The van der Waals surface area contributed by atoms with E-state index in [0.717, 1.165) is 5.92 Å². The Morgan fingerprint density at radius 3 is 2.58 bits per heavy atom. The lowest BCUT2D eigenvalue weighted by Crippen LogP contribution is -2.48. The van der Waals surface area contributed by atoms with Crippen LogP contribution in [0.15, 0.2) is 0 Å². The fourth-order valence-corrected chi connectivity index (χ4v) is 4.28. The van der Waals surface area contributed by atoms with E-state index in [4.69, 9.17) is 4.74 Å². The first-order chi connectivity index (χ1) is 9.17. The Morgan fingerprint density at radius 1 is 1.26 bits per heavy atom. The van der Waals surface area contributed by atoms with E-state index in [1.807, 2.05) is 7.11 Å². The third-order valence-electron chi connectivity index (χ3n) is 5.16. The van der Waals surface area contributed by atoms with Crippen molar-refractivity contribution in [1.82, 2.24) is 10.2 Å². The molecule has 2 atom stereocenters. The average molecular weight is 268 g/mol. The largest absolute Gasteiger partial charge is 0.381 e. The fraction of sp³-hybridized carbons (Fsp3) is 1.00. The summed E-state index contributed by atoms with van der Waals surface area (Å²) >= 11 is 0. The Hall–Kier alpha value is -0.120. The second kappa shape index (κ2) is 7.05. The number of nitrogens with one attached hydrogen (secondary N) is 1. The molecule has 2 aliphatic rings. The molecule has 1 saturated heterocycles. The van der Waals surface area contributed by atoms with Gasteiger partial charge in [0, 0.05) is 33.3 Å². The monoisotopic (exact) mass is 268 g/mol. The first-order valence-electron chi connectivity index (χ1n) is 8.07. The van der Waals surface area contributed by atoms with Crippen LogP contribution in [0.4, 0.5) is 0 Å². The molecule has 1 N–H and O–H groups in total. The Kier molecular flexibility index (Phi) is 5.67. The highest BCUT2D eigenvalue weighted by atomic mass is 16.5. The zero-order chi connectivity index (χ0) is 13.7. The molecule has 1 saturated carbocycles.